The fraction of sp³-hybridized carbons (Fsp3) is 0.353. The lowest BCUT2D eigenvalue weighted by molar-refractivity contribution is -0.128. The summed E-state index contributed by atoms with van der Waals surface area (Å²) in [5.41, 5.74) is 0.982. The van der Waals surface area contributed by atoms with Crippen molar-refractivity contribution in [2.75, 3.05) is 52.6 Å². The van der Waals surface area contributed by atoms with E-state index >= 15 is 0 Å². The van der Waals surface area contributed by atoms with Crippen molar-refractivity contribution in [3.05, 3.63) is 106 Å². The molecular weight excluding hydrogens is 601 g/mol. The van der Waals surface area contributed by atoms with E-state index in [0.29, 0.717) is 72.2 Å². The number of benzene rings is 3. The number of nitrogens with zero attached hydrogens (tertiary/aromatic N) is 2. The van der Waals surface area contributed by atoms with Crippen LogP contribution in [0.2, 0.25) is 10.0 Å². The highest BCUT2D eigenvalue weighted by Gasteiger charge is 2.53. The first-order chi connectivity index (χ1) is 21.5. The quantitative estimate of drug-likeness (QED) is 0.238. The van der Waals surface area contributed by atoms with Gasteiger partial charge in [0.1, 0.15) is 5.75 Å². The van der Waals surface area contributed by atoms with Crippen molar-refractivity contribution in [2.45, 2.75) is 24.5 Å². The van der Waals surface area contributed by atoms with Gasteiger partial charge >= 0.3 is 0 Å². The second kappa shape index (κ2) is 15.5. The highest BCUT2D eigenvalue weighted by molar-refractivity contribution is 6.35. The molecule has 0 radical (unpaired) electrons. The molecule has 2 atom stereocenters. The number of aliphatic hydroxyl groups is 1. The fourth-order valence-corrected chi connectivity index (χ4v) is 5.76. The van der Waals surface area contributed by atoms with E-state index in [9.17, 15) is 4.79 Å². The third-order valence-electron chi connectivity index (χ3n) is 7.63. The van der Waals surface area contributed by atoms with Crippen molar-refractivity contribution in [1.82, 2.24) is 10.2 Å². The van der Waals surface area contributed by atoms with Crippen molar-refractivity contribution in [3.8, 4) is 5.75 Å². The predicted octanol–water partition coefficient (Wildman–Crippen LogP) is 5.56. The second-order valence-electron chi connectivity index (χ2n) is 10.7. The first kappa shape index (κ1) is 32.0. The Morgan fingerprint density at radius 3 is 2.59 bits per heavy atom. The molecule has 0 aromatic heterocycles. The molecule has 1 amide bonds. The summed E-state index contributed by atoms with van der Waals surface area (Å²) < 4.78 is 17.7. The van der Waals surface area contributed by atoms with Crippen LogP contribution in [-0.2, 0) is 14.3 Å². The lowest BCUT2D eigenvalue weighted by Crippen LogP contribution is -2.50. The molecule has 1 fully saturated rings. The van der Waals surface area contributed by atoms with Gasteiger partial charge in [-0.25, -0.2) is 4.99 Å². The topological polar surface area (TPSA) is 92.6 Å². The van der Waals surface area contributed by atoms with Gasteiger partial charge in [0.05, 0.1) is 19.8 Å². The molecular formula is C34H37Cl2N3O5. The summed E-state index contributed by atoms with van der Waals surface area (Å²) in [6, 6.07) is 22.4. The molecule has 2 aliphatic heterocycles. The van der Waals surface area contributed by atoms with Crippen LogP contribution < -0.4 is 10.1 Å². The van der Waals surface area contributed by atoms with Gasteiger partial charge in [-0.1, -0.05) is 71.8 Å². The van der Waals surface area contributed by atoms with Crippen LogP contribution in [0.25, 0.3) is 6.08 Å². The first-order valence-corrected chi connectivity index (χ1v) is 15.6. The zero-order chi connectivity index (χ0) is 30.8. The fourth-order valence-electron chi connectivity index (χ4n) is 5.25. The van der Waals surface area contributed by atoms with E-state index in [1.807, 2.05) is 66.7 Å². The molecule has 2 N–H and O–H groups in total. The Labute approximate surface area is 268 Å². The monoisotopic (exact) mass is 637 g/mol. The van der Waals surface area contributed by atoms with Crippen LogP contribution in [0.4, 0.5) is 0 Å². The summed E-state index contributed by atoms with van der Waals surface area (Å²) in [6.07, 6.45) is 3.94. The van der Waals surface area contributed by atoms with Gasteiger partial charge in [-0.15, -0.1) is 0 Å². The number of ether oxygens (including phenoxy) is 3. The smallest absolute Gasteiger partial charge is 0.252 e. The SMILES string of the molecule is O=C(NCCN1CCOCC1)[C@]1(C/C=C/c2ccccc2)N=C(c2ccc(OCCCO)cc2)O[C@@H]1c1ccc(Cl)cc1Cl. The molecule has 0 saturated carbocycles. The number of aliphatic hydroxyl groups excluding tert-OH is 1. The normalized spacial score (nSPS) is 20.3. The maximum Gasteiger partial charge on any atom is 0.252 e. The van der Waals surface area contributed by atoms with Gasteiger partial charge in [-0.2, -0.15) is 0 Å². The van der Waals surface area contributed by atoms with E-state index < -0.39 is 11.6 Å². The van der Waals surface area contributed by atoms with E-state index in [2.05, 4.69) is 10.2 Å². The third-order valence-corrected chi connectivity index (χ3v) is 8.19. The average Bonchev–Trinajstić information content (AvgIpc) is 3.43. The molecule has 2 aliphatic rings. The molecule has 0 aliphatic carbocycles. The predicted molar refractivity (Wildman–Crippen MR) is 174 cm³/mol. The zero-order valence-electron chi connectivity index (χ0n) is 24.5. The number of morpholine rings is 1. The highest BCUT2D eigenvalue weighted by atomic mass is 35.5. The van der Waals surface area contributed by atoms with Crippen molar-refractivity contribution >= 4 is 41.1 Å². The van der Waals surface area contributed by atoms with Crippen molar-refractivity contribution in [1.29, 1.82) is 0 Å². The number of carbonyl (C=O) groups is 1. The molecule has 0 bridgehead atoms. The molecule has 1 saturated heterocycles. The number of halogens is 2. The van der Waals surface area contributed by atoms with Gasteiger partial charge in [0.15, 0.2) is 11.6 Å². The Morgan fingerprint density at radius 1 is 1.09 bits per heavy atom. The third kappa shape index (κ3) is 8.00. The second-order valence-corrected chi connectivity index (χ2v) is 11.5. The zero-order valence-corrected chi connectivity index (χ0v) is 26.0. The summed E-state index contributed by atoms with van der Waals surface area (Å²) in [6.45, 7) is 4.65. The molecule has 8 nitrogen and oxygen atoms in total. The van der Waals surface area contributed by atoms with E-state index in [0.717, 1.165) is 18.7 Å². The van der Waals surface area contributed by atoms with E-state index in [1.54, 1.807) is 18.2 Å². The standard InChI is InChI=1S/C34H37Cl2N3O5/c35-27-11-14-29(30(36)24-27)31-34(15-4-8-25-6-2-1-3-7-25,33(41)37-16-17-39-18-22-42-23-19-39)38-32(44-31)26-9-12-28(13-10-26)43-21-5-20-40/h1-4,6-14,24,31,40H,5,15-23H2,(H,37,41)/b8-4+/t31-,34-/m1/s1. The summed E-state index contributed by atoms with van der Waals surface area (Å²) in [5, 5.41) is 13.1. The number of nitrogens with one attached hydrogen (secondary N) is 1. The Kier molecular flexibility index (Phi) is 11.3. The van der Waals surface area contributed by atoms with Crippen LogP contribution in [-0.4, -0.2) is 80.0 Å². The summed E-state index contributed by atoms with van der Waals surface area (Å²) in [7, 11) is 0. The number of rotatable bonds is 13. The van der Waals surface area contributed by atoms with Gasteiger partial charge in [-0.3, -0.25) is 9.69 Å². The van der Waals surface area contributed by atoms with Crippen molar-refractivity contribution in [3.63, 3.8) is 0 Å². The van der Waals surface area contributed by atoms with Crippen molar-refractivity contribution in [2.24, 2.45) is 4.99 Å². The minimum atomic E-state index is -1.35. The van der Waals surface area contributed by atoms with Gasteiger partial charge in [0.2, 0.25) is 5.90 Å². The molecule has 44 heavy (non-hydrogen) atoms. The van der Waals surface area contributed by atoms with Crippen LogP contribution in [0.5, 0.6) is 5.75 Å². The Bertz CT molecular complexity index is 1450. The van der Waals surface area contributed by atoms with Crippen LogP contribution in [0, 0.1) is 0 Å². The Hall–Kier alpha value is -3.40. The molecule has 3 aromatic rings. The minimum absolute atomic E-state index is 0.0622. The van der Waals surface area contributed by atoms with E-state index in [-0.39, 0.29) is 18.9 Å². The van der Waals surface area contributed by atoms with Gasteiger partial charge < -0.3 is 24.6 Å². The number of hydrogen-bond acceptors (Lipinski definition) is 7. The lowest BCUT2D eigenvalue weighted by Gasteiger charge is -2.31. The van der Waals surface area contributed by atoms with E-state index in [1.165, 1.54) is 0 Å². The Balaban J connectivity index is 1.49. The Morgan fingerprint density at radius 2 is 1.86 bits per heavy atom. The summed E-state index contributed by atoms with van der Waals surface area (Å²) in [4.78, 5) is 21.6. The van der Waals surface area contributed by atoms with Gasteiger partial charge in [0.25, 0.3) is 5.91 Å². The maximum atomic E-state index is 14.3. The molecule has 5 rings (SSSR count). The molecule has 232 valence electrons. The van der Waals surface area contributed by atoms with Crippen LogP contribution in [0.1, 0.15) is 35.6 Å². The van der Waals surface area contributed by atoms with Gasteiger partial charge in [0, 0.05) is 66.8 Å². The summed E-state index contributed by atoms with van der Waals surface area (Å²) in [5.74, 6) is 0.744. The molecule has 10 heteroatoms. The van der Waals surface area contributed by atoms with E-state index in [4.69, 9.17) is 47.5 Å². The first-order valence-electron chi connectivity index (χ1n) is 14.8. The van der Waals surface area contributed by atoms with Crippen LogP contribution in [0.3, 0.4) is 0 Å². The molecule has 2 heterocycles. The molecule has 3 aromatic carbocycles. The highest BCUT2D eigenvalue weighted by Crippen LogP contribution is 2.45. The maximum absolute atomic E-state index is 14.3. The molecule has 0 spiro atoms. The number of amides is 1. The number of hydrogen-bond donors (Lipinski definition) is 2. The largest absolute Gasteiger partial charge is 0.494 e. The number of carbonyl (C=O) groups excluding carboxylic acids is 1. The lowest BCUT2D eigenvalue weighted by atomic mass is 9.84. The van der Waals surface area contributed by atoms with Crippen LogP contribution >= 0.6 is 23.2 Å². The summed E-state index contributed by atoms with van der Waals surface area (Å²) >= 11 is 13.0. The molecule has 0 unspecified atom stereocenters. The average molecular weight is 639 g/mol. The van der Waals surface area contributed by atoms with Crippen LogP contribution in [0.15, 0.2) is 83.9 Å². The van der Waals surface area contributed by atoms with Gasteiger partial charge in [-0.05, 0) is 42.0 Å². The number of aliphatic imine (C=N–C) groups is 1. The minimum Gasteiger partial charge on any atom is -0.494 e. The van der Waals surface area contributed by atoms with Crippen molar-refractivity contribution < 1.29 is 24.1 Å².